The normalized spacial score (nSPS) is 13.8. The quantitative estimate of drug-likeness (QED) is 0.541. The highest BCUT2D eigenvalue weighted by molar-refractivity contribution is 7.09. The number of thiazole rings is 1. The van der Waals surface area contributed by atoms with Gasteiger partial charge in [0.05, 0.1) is 6.54 Å². The molecule has 0 aromatic carbocycles. The van der Waals surface area contributed by atoms with E-state index in [1.807, 2.05) is 6.92 Å². The van der Waals surface area contributed by atoms with Gasteiger partial charge in [0.1, 0.15) is 10.6 Å². The van der Waals surface area contributed by atoms with Crippen molar-refractivity contribution in [1.82, 2.24) is 20.5 Å². The van der Waals surface area contributed by atoms with Gasteiger partial charge >= 0.3 is 12.3 Å². The van der Waals surface area contributed by atoms with Crippen molar-refractivity contribution in [2.24, 2.45) is 4.99 Å². The van der Waals surface area contributed by atoms with Crippen molar-refractivity contribution < 1.29 is 22.7 Å². The summed E-state index contributed by atoms with van der Waals surface area (Å²) in [6, 6.07) is -0.0752. The third-order valence-electron chi connectivity index (χ3n) is 3.67. The van der Waals surface area contributed by atoms with Gasteiger partial charge in [-0.05, 0) is 34.1 Å². The number of aromatic nitrogens is 1. The second-order valence-electron chi connectivity index (χ2n) is 7.21. The summed E-state index contributed by atoms with van der Waals surface area (Å²) < 4.78 is 43.0. The van der Waals surface area contributed by atoms with Crippen LogP contribution in [0.25, 0.3) is 0 Å². The van der Waals surface area contributed by atoms with E-state index < -0.39 is 23.6 Å². The molecule has 0 saturated heterocycles. The first-order chi connectivity index (χ1) is 12.8. The number of carbonyl (C=O) groups is 1. The van der Waals surface area contributed by atoms with Gasteiger partial charge in [0, 0.05) is 32.1 Å². The zero-order valence-corrected chi connectivity index (χ0v) is 17.8. The number of halogens is 3. The fourth-order valence-electron chi connectivity index (χ4n) is 2.01. The predicted molar refractivity (Wildman–Crippen MR) is 103 cm³/mol. The van der Waals surface area contributed by atoms with Crippen molar-refractivity contribution in [2.75, 3.05) is 20.6 Å². The fourth-order valence-corrected chi connectivity index (χ4v) is 2.75. The van der Waals surface area contributed by atoms with Crippen LogP contribution in [0.5, 0.6) is 0 Å². The topological polar surface area (TPSA) is 78.9 Å². The van der Waals surface area contributed by atoms with Gasteiger partial charge < -0.3 is 20.3 Å². The summed E-state index contributed by atoms with van der Waals surface area (Å²) in [7, 11) is 3.24. The average Bonchev–Trinajstić information content (AvgIpc) is 3.04. The Hall–Kier alpha value is -2.04. The minimum absolute atomic E-state index is 0.0752. The molecule has 1 aromatic rings. The van der Waals surface area contributed by atoms with Crippen LogP contribution in [-0.2, 0) is 17.5 Å². The van der Waals surface area contributed by atoms with Crippen molar-refractivity contribution in [1.29, 1.82) is 0 Å². The molecule has 0 aliphatic heterocycles. The molecule has 28 heavy (non-hydrogen) atoms. The van der Waals surface area contributed by atoms with Crippen molar-refractivity contribution in [2.45, 2.75) is 58.5 Å². The number of nitrogens with one attached hydrogen (secondary N) is 2. The molecular formula is C17H28F3N5O2S. The van der Waals surface area contributed by atoms with Crippen LogP contribution in [0.4, 0.5) is 18.0 Å². The minimum atomic E-state index is -4.44. The molecule has 7 nitrogen and oxygen atoms in total. The SMILES string of the molecule is CN=C(NCCC(C)N(C)C(=O)OC(C)(C)C)NCc1nc(C(F)(F)F)cs1. The van der Waals surface area contributed by atoms with Crippen LogP contribution >= 0.6 is 11.3 Å². The zero-order valence-electron chi connectivity index (χ0n) is 17.0. The number of carbonyl (C=O) groups excluding carboxylic acids is 1. The maximum Gasteiger partial charge on any atom is 0.434 e. The summed E-state index contributed by atoms with van der Waals surface area (Å²) in [6.45, 7) is 7.96. The van der Waals surface area contributed by atoms with Gasteiger partial charge in [-0.15, -0.1) is 11.3 Å². The Morgan fingerprint density at radius 1 is 1.36 bits per heavy atom. The van der Waals surface area contributed by atoms with Crippen LogP contribution in [0.15, 0.2) is 10.4 Å². The van der Waals surface area contributed by atoms with Crippen molar-refractivity contribution in [3.8, 4) is 0 Å². The lowest BCUT2D eigenvalue weighted by atomic mass is 10.2. The maximum atomic E-state index is 12.6. The van der Waals surface area contributed by atoms with Crippen molar-refractivity contribution in [3.63, 3.8) is 0 Å². The number of hydrogen-bond acceptors (Lipinski definition) is 5. The average molecular weight is 424 g/mol. The summed E-state index contributed by atoms with van der Waals surface area (Å²) in [5.74, 6) is 0.441. The minimum Gasteiger partial charge on any atom is -0.444 e. The van der Waals surface area contributed by atoms with E-state index in [0.29, 0.717) is 23.9 Å². The lowest BCUT2D eigenvalue weighted by molar-refractivity contribution is -0.140. The van der Waals surface area contributed by atoms with Gasteiger partial charge in [-0.2, -0.15) is 13.2 Å². The molecule has 0 bridgehead atoms. The molecule has 11 heteroatoms. The van der Waals surface area contributed by atoms with E-state index in [2.05, 4.69) is 20.6 Å². The van der Waals surface area contributed by atoms with Gasteiger partial charge in [0.15, 0.2) is 11.7 Å². The first-order valence-corrected chi connectivity index (χ1v) is 9.63. The Morgan fingerprint density at radius 3 is 2.50 bits per heavy atom. The number of hydrogen-bond donors (Lipinski definition) is 2. The molecule has 0 spiro atoms. The lowest BCUT2D eigenvalue weighted by Crippen LogP contribution is -2.42. The molecule has 1 rings (SSSR count). The van der Waals surface area contributed by atoms with Gasteiger partial charge in [-0.1, -0.05) is 0 Å². The van der Waals surface area contributed by atoms with Crippen LogP contribution < -0.4 is 10.6 Å². The highest BCUT2D eigenvalue weighted by Gasteiger charge is 2.33. The molecule has 0 aliphatic rings. The predicted octanol–water partition coefficient (Wildman–Crippen LogP) is 3.47. The Morgan fingerprint density at radius 2 is 2.00 bits per heavy atom. The molecule has 2 N–H and O–H groups in total. The molecule has 0 radical (unpaired) electrons. The van der Waals surface area contributed by atoms with Crippen LogP contribution in [0.3, 0.4) is 0 Å². The Balaban J connectivity index is 2.42. The Kier molecular flexibility index (Phi) is 8.52. The van der Waals surface area contributed by atoms with Crippen LogP contribution in [0.1, 0.15) is 44.8 Å². The largest absolute Gasteiger partial charge is 0.444 e. The number of ether oxygens (including phenoxy) is 1. The number of nitrogens with zero attached hydrogens (tertiary/aromatic N) is 3. The second kappa shape index (κ2) is 9.94. The molecule has 1 atom stereocenters. The first kappa shape index (κ1) is 24.0. The summed E-state index contributed by atoms with van der Waals surface area (Å²) in [4.78, 5) is 21.2. The lowest BCUT2D eigenvalue weighted by Gasteiger charge is -2.28. The van der Waals surface area contributed by atoms with Crippen molar-refractivity contribution >= 4 is 23.4 Å². The highest BCUT2D eigenvalue weighted by Crippen LogP contribution is 2.29. The molecule has 1 heterocycles. The van der Waals surface area contributed by atoms with Gasteiger partial charge in [0.2, 0.25) is 0 Å². The third-order valence-corrected chi connectivity index (χ3v) is 4.52. The summed E-state index contributed by atoms with van der Waals surface area (Å²) in [5.41, 5.74) is -1.45. The summed E-state index contributed by atoms with van der Waals surface area (Å²) in [5, 5.41) is 7.29. The second-order valence-corrected chi connectivity index (χ2v) is 8.15. The van der Waals surface area contributed by atoms with E-state index in [1.54, 1.807) is 34.9 Å². The first-order valence-electron chi connectivity index (χ1n) is 8.75. The Labute approximate surface area is 167 Å². The molecule has 1 unspecified atom stereocenters. The monoisotopic (exact) mass is 423 g/mol. The molecule has 0 aliphatic carbocycles. The highest BCUT2D eigenvalue weighted by atomic mass is 32.1. The summed E-state index contributed by atoms with van der Waals surface area (Å²) in [6.07, 6.45) is -4.21. The fraction of sp³-hybridized carbons (Fsp3) is 0.706. The van der Waals surface area contributed by atoms with Crippen LogP contribution in [0, 0.1) is 0 Å². The molecule has 1 aromatic heterocycles. The van der Waals surface area contributed by atoms with Crippen LogP contribution in [0.2, 0.25) is 0 Å². The standard InChI is InChI=1S/C17H28F3N5O2S/c1-11(25(6)15(26)27-16(2,3)4)7-8-22-14(21-5)23-9-13-24-12(10-28-13)17(18,19)20/h10-11H,7-9H2,1-6H3,(H2,21,22,23). The van der Waals surface area contributed by atoms with E-state index in [4.69, 9.17) is 4.74 Å². The zero-order chi connectivity index (χ0) is 21.5. The van der Waals surface area contributed by atoms with E-state index in [0.717, 1.165) is 16.7 Å². The van der Waals surface area contributed by atoms with Gasteiger partial charge in [0.25, 0.3) is 0 Å². The van der Waals surface area contributed by atoms with Gasteiger partial charge in [-0.3, -0.25) is 4.99 Å². The van der Waals surface area contributed by atoms with E-state index in [9.17, 15) is 18.0 Å². The smallest absolute Gasteiger partial charge is 0.434 e. The molecule has 0 fully saturated rings. The summed E-state index contributed by atoms with van der Waals surface area (Å²) >= 11 is 0.935. The molecule has 160 valence electrons. The van der Waals surface area contributed by atoms with E-state index in [1.165, 1.54) is 4.90 Å². The third kappa shape index (κ3) is 8.32. The van der Waals surface area contributed by atoms with Crippen molar-refractivity contribution in [3.05, 3.63) is 16.1 Å². The Bertz CT molecular complexity index is 670. The number of alkyl halides is 3. The number of rotatable bonds is 6. The van der Waals surface area contributed by atoms with Crippen LogP contribution in [-0.4, -0.2) is 54.2 Å². The molecule has 0 saturated carbocycles. The van der Waals surface area contributed by atoms with E-state index in [-0.39, 0.29) is 12.6 Å². The molecule has 1 amide bonds. The number of aliphatic imine (C=N–C) groups is 1. The number of amides is 1. The molecular weight excluding hydrogens is 395 g/mol. The van der Waals surface area contributed by atoms with E-state index >= 15 is 0 Å². The number of guanidine groups is 1. The maximum absolute atomic E-state index is 12.6. The van der Waals surface area contributed by atoms with Gasteiger partial charge in [-0.25, -0.2) is 9.78 Å².